The number of hydrogen-bond acceptors (Lipinski definition) is 9. The number of carbonyl (C=O) groups is 7. The van der Waals surface area contributed by atoms with Crippen LogP contribution in [0, 0.1) is 0 Å². The number of primary amides is 1. The fourth-order valence-corrected chi connectivity index (χ4v) is 2.99. The van der Waals surface area contributed by atoms with Gasteiger partial charge in [0.1, 0.15) is 18.1 Å². The van der Waals surface area contributed by atoms with Crippen LogP contribution in [0.4, 0.5) is 0 Å². The standard InChI is InChI=1S/C18H29N5O10S/c1-34-5-4-9(21-15(29)8(19)2-3-12(20)24)16(30)22-10(6-13(25)26)17(31)23-11(18(32)33)7-14(27)28/h8-11H,2-7,19H2,1H3,(H2,20,24)(H,21,29)(H,22,30)(H,23,31)(H,25,26)(H,27,28)(H,32,33). The predicted octanol–water partition coefficient (Wildman–Crippen LogP) is -3.18. The molecule has 0 saturated heterocycles. The Kier molecular flexibility index (Phi) is 13.9. The first-order valence-electron chi connectivity index (χ1n) is 9.88. The summed E-state index contributed by atoms with van der Waals surface area (Å²) in [5.41, 5.74) is 10.7. The van der Waals surface area contributed by atoms with Crippen molar-refractivity contribution in [2.75, 3.05) is 12.0 Å². The van der Waals surface area contributed by atoms with Crippen LogP contribution in [0.25, 0.3) is 0 Å². The highest BCUT2D eigenvalue weighted by molar-refractivity contribution is 7.98. The Morgan fingerprint density at radius 2 is 1.24 bits per heavy atom. The van der Waals surface area contributed by atoms with E-state index in [0.29, 0.717) is 5.75 Å². The van der Waals surface area contributed by atoms with Gasteiger partial charge >= 0.3 is 17.9 Å². The summed E-state index contributed by atoms with van der Waals surface area (Å²) >= 11 is 1.33. The Balaban J connectivity index is 5.47. The lowest BCUT2D eigenvalue weighted by Gasteiger charge is -2.24. The molecule has 4 amide bonds. The molecule has 0 saturated carbocycles. The molecule has 0 radical (unpaired) electrons. The molecular formula is C18H29N5O10S. The summed E-state index contributed by atoms with van der Waals surface area (Å²) in [5, 5.41) is 33.3. The van der Waals surface area contributed by atoms with E-state index in [0.717, 1.165) is 0 Å². The normalized spacial score (nSPS) is 14.1. The molecule has 0 aromatic heterocycles. The molecule has 0 fully saturated rings. The lowest BCUT2D eigenvalue weighted by atomic mass is 10.1. The van der Waals surface area contributed by atoms with Gasteiger partial charge in [0, 0.05) is 6.42 Å². The van der Waals surface area contributed by atoms with Crippen LogP contribution in [0.5, 0.6) is 0 Å². The molecule has 34 heavy (non-hydrogen) atoms. The van der Waals surface area contributed by atoms with Crippen molar-refractivity contribution in [1.29, 1.82) is 0 Å². The van der Waals surface area contributed by atoms with Gasteiger partial charge < -0.3 is 42.7 Å². The highest BCUT2D eigenvalue weighted by atomic mass is 32.2. The highest BCUT2D eigenvalue weighted by Gasteiger charge is 2.32. The lowest BCUT2D eigenvalue weighted by Crippen LogP contribution is -2.57. The number of amides is 4. The van der Waals surface area contributed by atoms with Crippen molar-refractivity contribution in [3.8, 4) is 0 Å². The quantitative estimate of drug-likeness (QED) is 0.0968. The molecule has 0 aromatic rings. The fourth-order valence-electron chi connectivity index (χ4n) is 2.52. The van der Waals surface area contributed by atoms with Gasteiger partial charge in [0.15, 0.2) is 0 Å². The van der Waals surface area contributed by atoms with Gasteiger partial charge in [-0.15, -0.1) is 0 Å². The zero-order valence-electron chi connectivity index (χ0n) is 18.3. The van der Waals surface area contributed by atoms with E-state index < -0.39 is 78.5 Å². The van der Waals surface area contributed by atoms with Crippen LogP contribution >= 0.6 is 11.8 Å². The monoisotopic (exact) mass is 507 g/mol. The fraction of sp³-hybridized carbons (Fsp3) is 0.611. The molecule has 0 heterocycles. The van der Waals surface area contributed by atoms with Crippen molar-refractivity contribution < 1.29 is 48.9 Å². The van der Waals surface area contributed by atoms with E-state index in [1.54, 1.807) is 6.26 Å². The van der Waals surface area contributed by atoms with Crippen LogP contribution < -0.4 is 27.4 Å². The summed E-state index contributed by atoms with van der Waals surface area (Å²) < 4.78 is 0. The third-order valence-electron chi connectivity index (χ3n) is 4.29. The molecule has 4 atom stereocenters. The van der Waals surface area contributed by atoms with Gasteiger partial charge in [-0.25, -0.2) is 4.79 Å². The summed E-state index contributed by atoms with van der Waals surface area (Å²) in [4.78, 5) is 81.4. The van der Waals surface area contributed by atoms with Gasteiger partial charge in [-0.2, -0.15) is 11.8 Å². The van der Waals surface area contributed by atoms with Crippen molar-refractivity contribution in [2.45, 2.75) is 56.3 Å². The van der Waals surface area contributed by atoms with Crippen molar-refractivity contribution >= 4 is 53.3 Å². The van der Waals surface area contributed by atoms with Crippen molar-refractivity contribution in [1.82, 2.24) is 16.0 Å². The molecule has 15 nitrogen and oxygen atoms in total. The molecule has 0 bridgehead atoms. The number of aliphatic carboxylic acids is 3. The van der Waals surface area contributed by atoms with E-state index in [1.165, 1.54) is 11.8 Å². The molecule has 0 aliphatic heterocycles. The maximum atomic E-state index is 12.7. The van der Waals surface area contributed by atoms with Crippen molar-refractivity contribution in [3.63, 3.8) is 0 Å². The van der Waals surface area contributed by atoms with Gasteiger partial charge in [0.05, 0.1) is 18.9 Å². The summed E-state index contributed by atoms with van der Waals surface area (Å²) in [6, 6.07) is -6.04. The van der Waals surface area contributed by atoms with Crippen LogP contribution in [0.1, 0.15) is 32.1 Å². The zero-order valence-corrected chi connectivity index (χ0v) is 19.1. The van der Waals surface area contributed by atoms with Gasteiger partial charge in [0.25, 0.3) is 0 Å². The Labute approximate surface area is 198 Å². The van der Waals surface area contributed by atoms with Gasteiger partial charge in [-0.3, -0.25) is 28.8 Å². The van der Waals surface area contributed by atoms with Gasteiger partial charge in [0.2, 0.25) is 23.6 Å². The third-order valence-corrected chi connectivity index (χ3v) is 4.93. The second kappa shape index (κ2) is 15.4. The minimum atomic E-state index is -1.87. The summed E-state index contributed by atoms with van der Waals surface area (Å²) in [6.07, 6.45) is -0.382. The van der Waals surface area contributed by atoms with Crippen molar-refractivity contribution in [2.24, 2.45) is 11.5 Å². The van der Waals surface area contributed by atoms with E-state index in [2.05, 4.69) is 10.6 Å². The number of rotatable bonds is 17. The van der Waals surface area contributed by atoms with Crippen LogP contribution in [0.3, 0.4) is 0 Å². The second-order valence-corrected chi connectivity index (χ2v) is 8.10. The maximum absolute atomic E-state index is 12.7. The zero-order chi connectivity index (χ0) is 26.4. The second-order valence-electron chi connectivity index (χ2n) is 7.11. The first-order chi connectivity index (χ1) is 15.8. The molecular weight excluding hydrogens is 478 g/mol. The smallest absolute Gasteiger partial charge is 0.326 e. The summed E-state index contributed by atoms with van der Waals surface area (Å²) in [5.74, 6) is -7.98. The number of thioether (sulfide) groups is 1. The first-order valence-corrected chi connectivity index (χ1v) is 11.3. The molecule has 10 N–H and O–H groups in total. The van der Waals surface area contributed by atoms with E-state index in [4.69, 9.17) is 26.8 Å². The average molecular weight is 508 g/mol. The Morgan fingerprint density at radius 3 is 1.71 bits per heavy atom. The van der Waals surface area contributed by atoms with Crippen LogP contribution in [0.2, 0.25) is 0 Å². The minimum Gasteiger partial charge on any atom is -0.481 e. The van der Waals surface area contributed by atoms with E-state index >= 15 is 0 Å². The predicted molar refractivity (Wildman–Crippen MR) is 117 cm³/mol. The number of carbonyl (C=O) groups excluding carboxylic acids is 4. The van der Waals surface area contributed by atoms with Gasteiger partial charge in [-0.1, -0.05) is 0 Å². The van der Waals surface area contributed by atoms with Crippen LogP contribution in [0.15, 0.2) is 0 Å². The van der Waals surface area contributed by atoms with Crippen molar-refractivity contribution in [3.05, 3.63) is 0 Å². The number of nitrogens with one attached hydrogen (secondary N) is 3. The first kappa shape index (κ1) is 30.6. The van der Waals surface area contributed by atoms with E-state index in [1.807, 2.05) is 5.32 Å². The topological polar surface area (TPSA) is 268 Å². The average Bonchev–Trinajstić information content (AvgIpc) is 2.72. The van der Waals surface area contributed by atoms with Gasteiger partial charge in [-0.05, 0) is 24.9 Å². The third kappa shape index (κ3) is 12.6. The van der Waals surface area contributed by atoms with E-state index in [9.17, 15) is 33.6 Å². The molecule has 16 heteroatoms. The lowest BCUT2D eigenvalue weighted by molar-refractivity contribution is -0.148. The van der Waals surface area contributed by atoms with Crippen LogP contribution in [-0.4, -0.2) is 93.0 Å². The van der Waals surface area contributed by atoms with E-state index in [-0.39, 0.29) is 19.3 Å². The molecule has 0 rings (SSSR count). The number of carboxylic acid groups (broad SMARTS) is 3. The Morgan fingerprint density at radius 1 is 0.765 bits per heavy atom. The Hall–Kier alpha value is -3.40. The Bertz CT molecular complexity index is 793. The molecule has 192 valence electrons. The number of nitrogens with two attached hydrogens (primary N) is 2. The molecule has 4 unspecified atom stereocenters. The van der Waals surface area contributed by atoms with Crippen LogP contribution in [-0.2, 0) is 33.6 Å². The summed E-state index contributed by atoms with van der Waals surface area (Å²) in [7, 11) is 0. The molecule has 0 aliphatic carbocycles. The minimum absolute atomic E-state index is 0.0689. The summed E-state index contributed by atoms with van der Waals surface area (Å²) in [6.45, 7) is 0. The maximum Gasteiger partial charge on any atom is 0.326 e. The molecule has 0 aromatic carbocycles. The highest BCUT2D eigenvalue weighted by Crippen LogP contribution is 2.05. The largest absolute Gasteiger partial charge is 0.481 e. The SMILES string of the molecule is CSCCC(NC(=O)C(N)CCC(N)=O)C(=O)NC(CC(=O)O)C(=O)NC(CC(=O)O)C(=O)O. The molecule has 0 spiro atoms. The number of hydrogen-bond donors (Lipinski definition) is 8. The number of carboxylic acids is 3. The molecule has 0 aliphatic rings.